The molecule has 31 heavy (non-hydrogen) atoms. The van der Waals surface area contributed by atoms with Gasteiger partial charge >= 0.3 is 0 Å². The van der Waals surface area contributed by atoms with Crippen molar-refractivity contribution >= 4 is 51.3 Å². The highest BCUT2D eigenvalue weighted by atomic mass is 16.3. The van der Waals surface area contributed by atoms with Crippen LogP contribution in [0.25, 0.3) is 54.7 Å². The Hall–Kier alpha value is -3.59. The minimum atomic E-state index is 0.119. The quantitative estimate of drug-likeness (QED) is 0.299. The minimum absolute atomic E-state index is 0.119. The van der Waals surface area contributed by atoms with Crippen LogP contribution in [-0.2, 0) is 5.31 Å². The summed E-state index contributed by atoms with van der Waals surface area (Å²) in [6.45, 7) is 4.49. The number of hydrogen-bond acceptors (Lipinski definition) is 2. The number of pyridine rings is 1. The third-order valence-electron chi connectivity index (χ3n) is 6.24. The van der Waals surface area contributed by atoms with Gasteiger partial charge in [0, 0.05) is 27.9 Å². The first-order valence-corrected chi connectivity index (χ1v) is 10.7. The Balaban J connectivity index is 1.55. The maximum Gasteiger partial charge on any atom is 0.136 e. The fourth-order valence-corrected chi connectivity index (χ4v) is 4.48. The van der Waals surface area contributed by atoms with Crippen molar-refractivity contribution in [3.05, 3.63) is 90.6 Å². The van der Waals surface area contributed by atoms with Crippen LogP contribution in [0.15, 0.2) is 89.5 Å². The van der Waals surface area contributed by atoms with Crippen molar-refractivity contribution in [2.24, 2.45) is 0 Å². The van der Waals surface area contributed by atoms with E-state index < -0.39 is 0 Å². The van der Waals surface area contributed by atoms with Crippen molar-refractivity contribution in [2.45, 2.75) is 19.2 Å². The molecule has 0 spiro atoms. The molecule has 6 aromatic rings. The molecule has 0 aliphatic rings. The summed E-state index contributed by atoms with van der Waals surface area (Å²) in [5, 5.41) is 7.21. The Kier molecular flexibility index (Phi) is 3.79. The van der Waals surface area contributed by atoms with Crippen LogP contribution in [0, 0.1) is 0 Å². The van der Waals surface area contributed by atoms with Gasteiger partial charge < -0.3 is 4.42 Å². The van der Waals surface area contributed by atoms with Gasteiger partial charge in [0.1, 0.15) is 19.0 Å². The molecule has 0 saturated carbocycles. The van der Waals surface area contributed by atoms with E-state index in [1.807, 2.05) is 6.20 Å². The first-order chi connectivity index (χ1) is 15.0. The summed E-state index contributed by atoms with van der Waals surface area (Å²) in [7, 11) is 2.25. The van der Waals surface area contributed by atoms with Gasteiger partial charge in [-0.2, -0.15) is 0 Å². The molecule has 0 amide bonds. The highest BCUT2D eigenvalue weighted by Crippen LogP contribution is 2.36. The predicted molar refractivity (Wildman–Crippen MR) is 134 cm³/mol. The molecule has 0 N–H and O–H groups in total. The summed E-state index contributed by atoms with van der Waals surface area (Å²) in [5.41, 5.74) is 5.21. The van der Waals surface area contributed by atoms with Gasteiger partial charge in [-0.05, 0) is 57.4 Å². The van der Waals surface area contributed by atoms with E-state index in [1.165, 1.54) is 21.7 Å². The van der Waals surface area contributed by atoms with Crippen LogP contribution in [0.2, 0.25) is 0 Å². The third kappa shape index (κ3) is 2.92. The molecule has 0 bridgehead atoms. The van der Waals surface area contributed by atoms with E-state index in [1.54, 1.807) is 0 Å². The molecule has 3 heteroatoms. The zero-order valence-electron chi connectivity index (χ0n) is 17.9. The summed E-state index contributed by atoms with van der Waals surface area (Å²) in [6, 6.07) is 28.0. The van der Waals surface area contributed by atoms with Gasteiger partial charge in [-0.25, -0.2) is 0 Å². The zero-order chi connectivity index (χ0) is 21.2. The minimum Gasteiger partial charge on any atom is -0.456 e. The van der Waals surface area contributed by atoms with E-state index in [9.17, 15) is 0 Å². The van der Waals surface area contributed by atoms with Gasteiger partial charge in [0.2, 0.25) is 0 Å². The highest BCUT2D eigenvalue weighted by Gasteiger charge is 2.16. The zero-order valence-corrected chi connectivity index (χ0v) is 17.9. The number of hydrogen-bond donors (Lipinski definition) is 0. The molecule has 2 aromatic heterocycles. The summed E-state index contributed by atoms with van der Waals surface area (Å²) in [5.74, 6) is 0. The van der Waals surface area contributed by atoms with Crippen LogP contribution in [0.5, 0.6) is 0 Å². The van der Waals surface area contributed by atoms with Crippen LogP contribution in [0.4, 0.5) is 0 Å². The average molecular weight is 399 g/mol. The lowest BCUT2D eigenvalue weighted by Crippen LogP contribution is -2.16. The van der Waals surface area contributed by atoms with E-state index in [2.05, 4.69) is 101 Å². The smallest absolute Gasteiger partial charge is 0.136 e. The number of rotatable bonds is 2. The molecule has 0 radical (unpaired) electrons. The number of aromatic nitrogens is 1. The summed E-state index contributed by atoms with van der Waals surface area (Å²) in [6.07, 6.45) is 1.90. The second-order valence-corrected chi connectivity index (χ2v) is 9.35. The maximum atomic E-state index is 6.27. The molecule has 0 aliphatic carbocycles. The van der Waals surface area contributed by atoms with Crippen molar-refractivity contribution in [3.8, 4) is 11.3 Å². The maximum absolute atomic E-state index is 6.27. The summed E-state index contributed by atoms with van der Waals surface area (Å²) < 4.78 is 6.27. The fraction of sp³-hybridized carbons (Fsp3) is 0.107. The van der Waals surface area contributed by atoms with Crippen LogP contribution in [0.1, 0.15) is 19.4 Å². The first kappa shape index (κ1) is 18.2. The Labute approximate surface area is 181 Å². The monoisotopic (exact) mass is 399 g/mol. The van der Waals surface area contributed by atoms with Crippen molar-refractivity contribution < 1.29 is 4.42 Å². The van der Waals surface area contributed by atoms with E-state index in [0.717, 1.165) is 38.6 Å². The predicted octanol–water partition coefficient (Wildman–Crippen LogP) is 6.82. The summed E-state index contributed by atoms with van der Waals surface area (Å²) in [4.78, 5) is 4.73. The molecule has 2 heterocycles. The number of benzene rings is 4. The van der Waals surface area contributed by atoms with Crippen LogP contribution in [-0.4, -0.2) is 12.8 Å². The third-order valence-corrected chi connectivity index (χ3v) is 6.24. The molecule has 0 unspecified atom stereocenters. The Bertz CT molecular complexity index is 1620. The largest absolute Gasteiger partial charge is 0.456 e. The Morgan fingerprint density at radius 2 is 1.45 bits per heavy atom. The lowest BCUT2D eigenvalue weighted by atomic mass is 9.67. The van der Waals surface area contributed by atoms with Gasteiger partial charge in [0.15, 0.2) is 0 Å². The molecule has 0 atom stereocenters. The van der Waals surface area contributed by atoms with Gasteiger partial charge in [-0.3, -0.25) is 4.98 Å². The standard InChI is InChI=1S/C28H22BNO/c1-28(2,29)21-8-10-22-19(13-21)11-12-30-27(22)20-7-9-23-24-14-17-5-3-4-6-18(17)15-26(24)31-25(23)16-20/h3-16H,29H2,1-2H3. The van der Waals surface area contributed by atoms with Crippen LogP contribution in [0.3, 0.4) is 0 Å². The lowest BCUT2D eigenvalue weighted by Gasteiger charge is -2.19. The molecular formula is C28H22BNO. The lowest BCUT2D eigenvalue weighted by molar-refractivity contribution is 0.669. The molecule has 2 nitrogen and oxygen atoms in total. The van der Waals surface area contributed by atoms with Gasteiger partial charge in [0.05, 0.1) is 5.69 Å². The first-order valence-electron chi connectivity index (χ1n) is 10.7. The van der Waals surface area contributed by atoms with Crippen LogP contribution >= 0.6 is 0 Å². The molecule has 6 rings (SSSR count). The number of nitrogens with zero attached hydrogens (tertiary/aromatic N) is 1. The fourth-order valence-electron chi connectivity index (χ4n) is 4.48. The van der Waals surface area contributed by atoms with Crippen LogP contribution < -0.4 is 0 Å². The molecule has 0 fully saturated rings. The van der Waals surface area contributed by atoms with E-state index in [-0.39, 0.29) is 5.31 Å². The van der Waals surface area contributed by atoms with Crippen molar-refractivity contribution in [2.75, 3.05) is 0 Å². The van der Waals surface area contributed by atoms with Gasteiger partial charge in [0.25, 0.3) is 0 Å². The number of furan rings is 1. The molecular weight excluding hydrogens is 377 g/mol. The second kappa shape index (κ2) is 6.45. The van der Waals surface area contributed by atoms with E-state index in [4.69, 9.17) is 9.40 Å². The van der Waals surface area contributed by atoms with E-state index >= 15 is 0 Å². The van der Waals surface area contributed by atoms with Gasteiger partial charge in [-0.1, -0.05) is 62.4 Å². The van der Waals surface area contributed by atoms with Crippen molar-refractivity contribution in [1.29, 1.82) is 0 Å². The second-order valence-electron chi connectivity index (χ2n) is 9.35. The molecule has 4 aromatic carbocycles. The molecule has 148 valence electrons. The number of fused-ring (bicyclic) bond motifs is 5. The SMILES string of the molecule is BC(C)(C)c1ccc2c(-c3ccc4c(c3)oc3cc5ccccc5cc34)nccc2c1. The highest BCUT2D eigenvalue weighted by molar-refractivity contribution is 6.15. The van der Waals surface area contributed by atoms with Gasteiger partial charge in [-0.15, -0.1) is 0 Å². The Morgan fingerprint density at radius 1 is 0.710 bits per heavy atom. The normalized spacial score (nSPS) is 12.3. The van der Waals surface area contributed by atoms with Crippen molar-refractivity contribution in [1.82, 2.24) is 4.98 Å². The summed E-state index contributed by atoms with van der Waals surface area (Å²) >= 11 is 0. The topological polar surface area (TPSA) is 26.0 Å². The van der Waals surface area contributed by atoms with E-state index in [0.29, 0.717) is 0 Å². The Morgan fingerprint density at radius 3 is 2.26 bits per heavy atom. The van der Waals surface area contributed by atoms with Crippen molar-refractivity contribution in [3.63, 3.8) is 0 Å². The molecule has 0 aliphatic heterocycles. The molecule has 0 saturated heterocycles. The average Bonchev–Trinajstić information content (AvgIpc) is 3.12.